The number of rotatable bonds is 8. The lowest BCUT2D eigenvalue weighted by Crippen LogP contribution is -2.40. The van der Waals surface area contributed by atoms with E-state index < -0.39 is 0 Å². The molecule has 0 aromatic carbocycles. The normalized spacial score (nSPS) is 28.0. The minimum Gasteiger partial charge on any atom is -0.381 e. The van der Waals surface area contributed by atoms with E-state index in [4.69, 9.17) is 9.47 Å². The van der Waals surface area contributed by atoms with Crippen LogP contribution in [0.3, 0.4) is 0 Å². The molecular formula is C15H31NO2. The van der Waals surface area contributed by atoms with Crippen LogP contribution >= 0.6 is 0 Å². The Morgan fingerprint density at radius 1 is 1.22 bits per heavy atom. The summed E-state index contributed by atoms with van der Waals surface area (Å²) in [6, 6.07) is 0.489. The highest BCUT2D eigenvalue weighted by Gasteiger charge is 2.24. The van der Waals surface area contributed by atoms with E-state index in [1.807, 2.05) is 7.11 Å². The summed E-state index contributed by atoms with van der Waals surface area (Å²) in [6.45, 7) is 8.57. The van der Waals surface area contributed by atoms with Crippen molar-refractivity contribution < 1.29 is 9.47 Å². The molecule has 0 bridgehead atoms. The molecule has 4 atom stereocenters. The summed E-state index contributed by atoms with van der Waals surface area (Å²) in [5.41, 5.74) is 0. The molecule has 1 saturated carbocycles. The molecule has 4 unspecified atom stereocenters. The number of ether oxygens (including phenoxy) is 2. The highest BCUT2D eigenvalue weighted by Crippen LogP contribution is 2.23. The maximum absolute atomic E-state index is 6.11. The first-order valence-corrected chi connectivity index (χ1v) is 7.58. The molecule has 3 heteroatoms. The zero-order valence-electron chi connectivity index (χ0n) is 12.6. The molecule has 108 valence electrons. The van der Waals surface area contributed by atoms with E-state index in [9.17, 15) is 0 Å². The van der Waals surface area contributed by atoms with Gasteiger partial charge < -0.3 is 14.8 Å². The molecule has 3 nitrogen and oxygen atoms in total. The number of likely N-dealkylation sites (N-methyl/N-ethyl adjacent to an activating group) is 1. The van der Waals surface area contributed by atoms with E-state index >= 15 is 0 Å². The van der Waals surface area contributed by atoms with E-state index in [0.717, 1.165) is 19.6 Å². The van der Waals surface area contributed by atoms with Gasteiger partial charge >= 0.3 is 0 Å². The second-order valence-corrected chi connectivity index (χ2v) is 5.53. The van der Waals surface area contributed by atoms with Crippen molar-refractivity contribution in [3.05, 3.63) is 0 Å². The Kier molecular flexibility index (Phi) is 7.87. The molecule has 0 aromatic heterocycles. The SMILES string of the molecule is CCNC(COC1CCCC(OC)C1)C(C)CC. The van der Waals surface area contributed by atoms with Crippen LogP contribution in [-0.4, -0.2) is 38.5 Å². The number of hydrogen-bond donors (Lipinski definition) is 1. The van der Waals surface area contributed by atoms with E-state index in [1.54, 1.807) is 0 Å². The Labute approximate surface area is 113 Å². The lowest BCUT2D eigenvalue weighted by Gasteiger charge is -2.31. The first-order valence-electron chi connectivity index (χ1n) is 7.58. The molecule has 0 aliphatic heterocycles. The van der Waals surface area contributed by atoms with Crippen LogP contribution in [-0.2, 0) is 9.47 Å². The van der Waals surface area contributed by atoms with Crippen molar-refractivity contribution in [1.82, 2.24) is 5.32 Å². The number of methoxy groups -OCH3 is 1. The monoisotopic (exact) mass is 257 g/mol. The van der Waals surface area contributed by atoms with Gasteiger partial charge in [-0.25, -0.2) is 0 Å². The van der Waals surface area contributed by atoms with Crippen molar-refractivity contribution >= 4 is 0 Å². The lowest BCUT2D eigenvalue weighted by molar-refractivity contribution is -0.0391. The van der Waals surface area contributed by atoms with Gasteiger partial charge in [0, 0.05) is 13.2 Å². The minimum absolute atomic E-state index is 0.397. The van der Waals surface area contributed by atoms with Crippen LogP contribution in [0.2, 0.25) is 0 Å². The first kappa shape index (κ1) is 15.9. The fourth-order valence-corrected chi connectivity index (χ4v) is 2.68. The molecule has 1 aliphatic rings. The van der Waals surface area contributed by atoms with Crippen molar-refractivity contribution in [1.29, 1.82) is 0 Å². The summed E-state index contributed by atoms with van der Waals surface area (Å²) in [7, 11) is 1.81. The van der Waals surface area contributed by atoms with Gasteiger partial charge in [-0.15, -0.1) is 0 Å². The Balaban J connectivity index is 2.32. The van der Waals surface area contributed by atoms with E-state index in [2.05, 4.69) is 26.1 Å². The fraction of sp³-hybridized carbons (Fsp3) is 1.00. The van der Waals surface area contributed by atoms with Gasteiger partial charge in [0.15, 0.2) is 0 Å². The van der Waals surface area contributed by atoms with Gasteiger partial charge in [-0.05, 0) is 38.1 Å². The van der Waals surface area contributed by atoms with Crippen LogP contribution in [0.15, 0.2) is 0 Å². The predicted octanol–water partition coefficient (Wildman–Crippen LogP) is 2.98. The first-order chi connectivity index (χ1) is 8.71. The molecule has 0 heterocycles. The summed E-state index contributed by atoms with van der Waals surface area (Å²) in [5.74, 6) is 0.673. The smallest absolute Gasteiger partial charge is 0.0625 e. The van der Waals surface area contributed by atoms with Gasteiger partial charge in [-0.3, -0.25) is 0 Å². The zero-order chi connectivity index (χ0) is 13.4. The largest absolute Gasteiger partial charge is 0.381 e. The third-order valence-electron chi connectivity index (χ3n) is 4.22. The fourth-order valence-electron chi connectivity index (χ4n) is 2.68. The van der Waals surface area contributed by atoms with Crippen molar-refractivity contribution in [2.45, 2.75) is 71.1 Å². The lowest BCUT2D eigenvalue weighted by atomic mass is 9.94. The molecule has 0 spiro atoms. The van der Waals surface area contributed by atoms with Gasteiger partial charge in [0.2, 0.25) is 0 Å². The Bertz CT molecular complexity index is 211. The van der Waals surface area contributed by atoms with Crippen LogP contribution in [0.5, 0.6) is 0 Å². The highest BCUT2D eigenvalue weighted by atomic mass is 16.5. The number of nitrogens with one attached hydrogen (secondary N) is 1. The molecule has 0 saturated heterocycles. The quantitative estimate of drug-likeness (QED) is 0.725. The molecule has 1 fully saturated rings. The molecule has 18 heavy (non-hydrogen) atoms. The van der Waals surface area contributed by atoms with Crippen molar-refractivity contribution in [3.63, 3.8) is 0 Å². The summed E-state index contributed by atoms with van der Waals surface area (Å²) in [4.78, 5) is 0. The van der Waals surface area contributed by atoms with E-state index in [0.29, 0.717) is 24.2 Å². The second-order valence-electron chi connectivity index (χ2n) is 5.53. The average molecular weight is 257 g/mol. The standard InChI is InChI=1S/C15H31NO2/c1-5-12(3)15(16-6-2)11-18-14-9-7-8-13(10-14)17-4/h12-16H,5-11H2,1-4H3. The zero-order valence-corrected chi connectivity index (χ0v) is 12.6. The van der Waals surface area contributed by atoms with Crippen LogP contribution in [0.1, 0.15) is 52.9 Å². The number of hydrogen-bond acceptors (Lipinski definition) is 3. The second kappa shape index (κ2) is 8.89. The van der Waals surface area contributed by atoms with Gasteiger partial charge in [0.05, 0.1) is 18.8 Å². The molecular weight excluding hydrogens is 226 g/mol. The molecule has 1 rings (SSSR count). The van der Waals surface area contributed by atoms with Gasteiger partial charge in [0.1, 0.15) is 0 Å². The Hall–Kier alpha value is -0.120. The molecule has 1 N–H and O–H groups in total. The minimum atomic E-state index is 0.397. The topological polar surface area (TPSA) is 30.5 Å². The van der Waals surface area contributed by atoms with E-state index in [1.165, 1.54) is 25.7 Å². The van der Waals surface area contributed by atoms with Gasteiger partial charge in [0.25, 0.3) is 0 Å². The third kappa shape index (κ3) is 5.25. The van der Waals surface area contributed by atoms with Crippen LogP contribution in [0.4, 0.5) is 0 Å². The van der Waals surface area contributed by atoms with Gasteiger partial charge in [-0.1, -0.05) is 27.2 Å². The summed E-state index contributed by atoms with van der Waals surface area (Å²) in [5, 5.41) is 3.54. The average Bonchev–Trinajstić information content (AvgIpc) is 2.42. The van der Waals surface area contributed by atoms with Crippen molar-refractivity contribution in [2.24, 2.45) is 5.92 Å². The third-order valence-corrected chi connectivity index (χ3v) is 4.22. The molecule has 1 aliphatic carbocycles. The van der Waals surface area contributed by atoms with Crippen LogP contribution in [0, 0.1) is 5.92 Å². The summed E-state index contributed by atoms with van der Waals surface area (Å²) in [6.07, 6.45) is 6.69. The van der Waals surface area contributed by atoms with Gasteiger partial charge in [-0.2, -0.15) is 0 Å². The molecule has 0 radical (unpaired) electrons. The Morgan fingerprint density at radius 3 is 2.56 bits per heavy atom. The molecule has 0 amide bonds. The molecule has 0 aromatic rings. The van der Waals surface area contributed by atoms with Crippen molar-refractivity contribution in [2.75, 3.05) is 20.3 Å². The van der Waals surface area contributed by atoms with Crippen molar-refractivity contribution in [3.8, 4) is 0 Å². The Morgan fingerprint density at radius 2 is 1.94 bits per heavy atom. The summed E-state index contributed by atoms with van der Waals surface area (Å²) < 4.78 is 11.6. The van der Waals surface area contributed by atoms with E-state index in [-0.39, 0.29) is 0 Å². The van der Waals surface area contributed by atoms with Crippen LogP contribution in [0.25, 0.3) is 0 Å². The predicted molar refractivity (Wildman–Crippen MR) is 75.9 cm³/mol. The summed E-state index contributed by atoms with van der Waals surface area (Å²) >= 11 is 0. The highest BCUT2D eigenvalue weighted by molar-refractivity contribution is 4.76. The maximum Gasteiger partial charge on any atom is 0.0625 e. The maximum atomic E-state index is 6.11. The van der Waals surface area contributed by atoms with Crippen LogP contribution < -0.4 is 5.32 Å².